The first-order valence-electron chi connectivity index (χ1n) is 13.2. The van der Waals surface area contributed by atoms with Gasteiger partial charge in [0.05, 0.1) is 12.5 Å². The smallest absolute Gasteiger partial charge is 0.550 e. The molecule has 2 unspecified atom stereocenters. The van der Waals surface area contributed by atoms with Crippen molar-refractivity contribution in [2.45, 2.75) is 129 Å². The molecule has 5 heteroatoms. The van der Waals surface area contributed by atoms with E-state index in [1.165, 1.54) is 83.5 Å². The molecule has 1 fully saturated rings. The fourth-order valence-corrected chi connectivity index (χ4v) is 4.50. The van der Waals surface area contributed by atoms with Crippen molar-refractivity contribution in [3.05, 3.63) is 12.2 Å². The average Bonchev–Trinajstić information content (AvgIpc) is 2.78. The van der Waals surface area contributed by atoms with Crippen LogP contribution in [0.15, 0.2) is 12.2 Å². The SMILES string of the molecule is CCCCCC/C=C/CCCCCCCCCCCOC(=O)C1CCCCC1C(=O)[O-].[Na+]. The fourth-order valence-electron chi connectivity index (χ4n) is 4.50. The van der Waals surface area contributed by atoms with Crippen LogP contribution in [0.4, 0.5) is 0 Å². The monoisotopic (exact) mass is 458 g/mol. The van der Waals surface area contributed by atoms with Gasteiger partial charge in [-0.1, -0.05) is 96.1 Å². The summed E-state index contributed by atoms with van der Waals surface area (Å²) in [5.74, 6) is -2.59. The minimum Gasteiger partial charge on any atom is -0.550 e. The van der Waals surface area contributed by atoms with Gasteiger partial charge in [-0.25, -0.2) is 0 Å². The Kier molecular flexibility index (Phi) is 22.2. The molecule has 2 atom stereocenters. The van der Waals surface area contributed by atoms with E-state index in [1.54, 1.807) is 0 Å². The zero-order chi connectivity index (χ0) is 22.6. The number of ether oxygens (including phenoxy) is 1. The molecule has 0 aliphatic heterocycles. The van der Waals surface area contributed by atoms with Gasteiger partial charge in [0.2, 0.25) is 0 Å². The first-order chi connectivity index (χ1) is 15.2. The van der Waals surface area contributed by atoms with Crippen molar-refractivity contribution in [3.63, 3.8) is 0 Å². The zero-order valence-corrected chi connectivity index (χ0v) is 23.1. The van der Waals surface area contributed by atoms with Crippen LogP contribution in [0.1, 0.15) is 129 Å². The molecule has 0 amide bonds. The van der Waals surface area contributed by atoms with Gasteiger partial charge in [0, 0.05) is 11.9 Å². The van der Waals surface area contributed by atoms with Gasteiger partial charge >= 0.3 is 35.5 Å². The quantitative estimate of drug-likeness (QED) is 0.129. The van der Waals surface area contributed by atoms with E-state index >= 15 is 0 Å². The van der Waals surface area contributed by atoms with E-state index in [9.17, 15) is 14.7 Å². The number of hydrogen-bond donors (Lipinski definition) is 0. The Morgan fingerprint density at radius 2 is 1.22 bits per heavy atom. The van der Waals surface area contributed by atoms with E-state index in [-0.39, 0.29) is 35.5 Å². The molecule has 4 nitrogen and oxygen atoms in total. The number of rotatable bonds is 19. The second kappa shape index (κ2) is 22.5. The maximum atomic E-state index is 12.2. The molecule has 0 heterocycles. The molecule has 1 saturated carbocycles. The van der Waals surface area contributed by atoms with Crippen molar-refractivity contribution < 1.29 is 49.0 Å². The first kappa shape index (κ1) is 31.7. The van der Waals surface area contributed by atoms with Gasteiger partial charge in [0.15, 0.2) is 0 Å². The van der Waals surface area contributed by atoms with Crippen molar-refractivity contribution in [2.75, 3.05) is 6.61 Å². The number of esters is 1. The second-order valence-electron chi connectivity index (χ2n) is 9.28. The number of hydrogen-bond acceptors (Lipinski definition) is 4. The van der Waals surface area contributed by atoms with Crippen LogP contribution < -0.4 is 34.7 Å². The molecule has 0 aromatic carbocycles. The maximum Gasteiger partial charge on any atom is 1.00 e. The summed E-state index contributed by atoms with van der Waals surface area (Å²) in [5.41, 5.74) is 0. The Hall–Kier alpha value is -0.320. The summed E-state index contributed by atoms with van der Waals surface area (Å²) in [5, 5.41) is 11.2. The molecule has 0 bridgehead atoms. The van der Waals surface area contributed by atoms with Crippen LogP contribution in [0, 0.1) is 11.8 Å². The largest absolute Gasteiger partial charge is 1.00 e. The third-order valence-corrected chi connectivity index (χ3v) is 6.52. The number of aliphatic carboxylic acids is 1. The Balaban J connectivity index is 0.00000961. The topological polar surface area (TPSA) is 66.4 Å². The number of allylic oxidation sites excluding steroid dienone is 2. The minimum absolute atomic E-state index is 0. The van der Waals surface area contributed by atoms with Crippen molar-refractivity contribution in [1.29, 1.82) is 0 Å². The van der Waals surface area contributed by atoms with E-state index in [2.05, 4.69) is 19.1 Å². The molecule has 0 saturated heterocycles. The van der Waals surface area contributed by atoms with Gasteiger partial charge in [0.1, 0.15) is 0 Å². The normalized spacial score (nSPS) is 18.4. The number of unbranched alkanes of at least 4 members (excludes halogenated alkanes) is 13. The van der Waals surface area contributed by atoms with Gasteiger partial charge < -0.3 is 14.6 Å². The number of carbonyl (C=O) groups is 2. The van der Waals surface area contributed by atoms with Crippen molar-refractivity contribution >= 4 is 11.9 Å². The maximum absolute atomic E-state index is 12.2. The van der Waals surface area contributed by atoms with Crippen molar-refractivity contribution in [2.24, 2.45) is 11.8 Å². The summed E-state index contributed by atoms with van der Waals surface area (Å²) in [6.45, 7) is 2.67. The number of carboxylic acids is 1. The Morgan fingerprint density at radius 1 is 0.750 bits per heavy atom. The molecule has 0 aromatic heterocycles. The summed E-state index contributed by atoms with van der Waals surface area (Å²) in [7, 11) is 0. The molecule has 1 aliphatic rings. The molecule has 0 N–H and O–H groups in total. The first-order valence-corrected chi connectivity index (χ1v) is 13.2. The molecular formula is C27H47NaO4. The van der Waals surface area contributed by atoms with Crippen LogP contribution in [-0.4, -0.2) is 18.5 Å². The van der Waals surface area contributed by atoms with Gasteiger partial charge in [0.25, 0.3) is 0 Å². The standard InChI is InChI=1S/C27H48O4.Na/c1-2-3-4-5-6-7-8-9-10-11-12-13-14-15-16-17-20-23-31-27(30)25-22-19-18-21-24(25)26(28)29;/h7-8,24-25H,2-6,9-23H2,1H3,(H,28,29);/q;+1/p-1/b8-7+;. The number of carboxylic acid groups (broad SMARTS) is 1. The van der Waals surface area contributed by atoms with Crippen LogP contribution in [0.5, 0.6) is 0 Å². The Morgan fingerprint density at radius 3 is 1.75 bits per heavy atom. The molecule has 0 radical (unpaired) electrons. The molecule has 32 heavy (non-hydrogen) atoms. The Labute approximate surface area is 219 Å². The third kappa shape index (κ3) is 16.3. The van der Waals surface area contributed by atoms with Crippen LogP contribution in [0.2, 0.25) is 0 Å². The van der Waals surface area contributed by atoms with E-state index in [0.717, 1.165) is 25.7 Å². The Bertz CT molecular complexity index is 492. The van der Waals surface area contributed by atoms with Gasteiger partial charge in [-0.3, -0.25) is 4.79 Å². The van der Waals surface area contributed by atoms with Gasteiger partial charge in [-0.15, -0.1) is 0 Å². The molecule has 180 valence electrons. The number of carbonyl (C=O) groups excluding carboxylic acids is 2. The molecule has 1 aliphatic carbocycles. The molecule has 0 spiro atoms. The summed E-state index contributed by atoms with van der Waals surface area (Å²) in [6.07, 6.45) is 26.5. The fraction of sp³-hybridized carbons (Fsp3) is 0.852. The predicted octanol–water partition coefficient (Wildman–Crippen LogP) is 3.52. The van der Waals surface area contributed by atoms with Gasteiger partial charge in [-0.05, 0) is 44.9 Å². The van der Waals surface area contributed by atoms with Crippen LogP contribution in [0.25, 0.3) is 0 Å². The van der Waals surface area contributed by atoms with Crippen LogP contribution in [0.3, 0.4) is 0 Å². The summed E-state index contributed by atoms with van der Waals surface area (Å²) < 4.78 is 5.35. The van der Waals surface area contributed by atoms with Gasteiger partial charge in [-0.2, -0.15) is 0 Å². The van der Waals surface area contributed by atoms with E-state index < -0.39 is 17.8 Å². The third-order valence-electron chi connectivity index (χ3n) is 6.52. The van der Waals surface area contributed by atoms with E-state index in [1.807, 2.05) is 0 Å². The predicted molar refractivity (Wildman–Crippen MR) is 125 cm³/mol. The summed E-state index contributed by atoms with van der Waals surface area (Å²) in [6, 6.07) is 0. The molecular weight excluding hydrogens is 411 g/mol. The molecule has 0 aromatic rings. The molecule has 1 rings (SSSR count). The van der Waals surface area contributed by atoms with Crippen molar-refractivity contribution in [3.8, 4) is 0 Å². The summed E-state index contributed by atoms with van der Waals surface area (Å²) in [4.78, 5) is 23.4. The van der Waals surface area contributed by atoms with E-state index in [0.29, 0.717) is 19.4 Å². The van der Waals surface area contributed by atoms with E-state index in [4.69, 9.17) is 4.74 Å². The average molecular weight is 459 g/mol. The van der Waals surface area contributed by atoms with Crippen LogP contribution >= 0.6 is 0 Å². The summed E-state index contributed by atoms with van der Waals surface area (Å²) >= 11 is 0. The van der Waals surface area contributed by atoms with Crippen molar-refractivity contribution in [1.82, 2.24) is 0 Å². The van der Waals surface area contributed by atoms with Crippen LogP contribution in [-0.2, 0) is 14.3 Å². The zero-order valence-electron chi connectivity index (χ0n) is 21.1. The second-order valence-corrected chi connectivity index (χ2v) is 9.28. The minimum atomic E-state index is -1.10.